The van der Waals surface area contributed by atoms with E-state index in [9.17, 15) is 4.79 Å². The summed E-state index contributed by atoms with van der Waals surface area (Å²) in [4.78, 5) is 17.2. The van der Waals surface area contributed by atoms with Gasteiger partial charge >= 0.3 is 5.97 Å². The molecule has 4 aromatic rings. The second kappa shape index (κ2) is 10.6. The Labute approximate surface area is 202 Å². The first kappa shape index (κ1) is 23.0. The van der Waals surface area contributed by atoms with Gasteiger partial charge in [0.15, 0.2) is 16.6 Å². The predicted molar refractivity (Wildman–Crippen MR) is 136 cm³/mol. The highest BCUT2D eigenvalue weighted by atomic mass is 32.1. The molecule has 0 bridgehead atoms. The number of anilines is 1. The standard InChI is InChI=1S/C26H23N3O4S/c1-27-26(34)29-24-21-15-19(33-18-11-7-4-8-12-18)13-14-20(21)23(22(28-24)25(30)31-2)32-16-17-9-5-3-6-10-17/h3-15H,16H2,1-2H3,(H2,27,28,29,34). The van der Waals surface area contributed by atoms with Crippen LogP contribution < -0.4 is 20.1 Å². The fourth-order valence-corrected chi connectivity index (χ4v) is 3.43. The van der Waals surface area contributed by atoms with Crippen molar-refractivity contribution in [2.45, 2.75) is 6.61 Å². The maximum Gasteiger partial charge on any atom is 0.360 e. The predicted octanol–water partition coefficient (Wildman–Crippen LogP) is 5.31. The van der Waals surface area contributed by atoms with E-state index >= 15 is 0 Å². The number of hydrogen-bond acceptors (Lipinski definition) is 6. The number of nitrogens with zero attached hydrogens (tertiary/aromatic N) is 1. The molecule has 0 aliphatic heterocycles. The number of pyridine rings is 1. The van der Waals surface area contributed by atoms with E-state index in [1.54, 1.807) is 7.05 Å². The Morgan fingerprint density at radius 1 is 0.941 bits per heavy atom. The number of esters is 1. The van der Waals surface area contributed by atoms with Crippen LogP contribution in [0.2, 0.25) is 0 Å². The molecular weight excluding hydrogens is 450 g/mol. The second-order valence-corrected chi connectivity index (χ2v) is 7.64. The van der Waals surface area contributed by atoms with Gasteiger partial charge in [0.05, 0.1) is 7.11 Å². The van der Waals surface area contributed by atoms with E-state index in [4.69, 9.17) is 26.4 Å². The van der Waals surface area contributed by atoms with Crippen molar-refractivity contribution in [1.29, 1.82) is 0 Å². The summed E-state index contributed by atoms with van der Waals surface area (Å²) in [5, 5.41) is 7.57. The van der Waals surface area contributed by atoms with Gasteiger partial charge in [0, 0.05) is 17.8 Å². The van der Waals surface area contributed by atoms with Crippen molar-refractivity contribution in [3.8, 4) is 17.2 Å². The molecule has 0 amide bonds. The number of hydrogen-bond donors (Lipinski definition) is 2. The molecule has 0 aliphatic rings. The van der Waals surface area contributed by atoms with Crippen LogP contribution in [0.5, 0.6) is 17.2 Å². The third-order valence-electron chi connectivity index (χ3n) is 4.97. The first-order valence-electron chi connectivity index (χ1n) is 10.5. The number of ether oxygens (including phenoxy) is 3. The van der Waals surface area contributed by atoms with E-state index < -0.39 is 5.97 Å². The molecule has 1 heterocycles. The summed E-state index contributed by atoms with van der Waals surface area (Å²) >= 11 is 5.28. The Kier molecular flexibility index (Phi) is 7.19. The summed E-state index contributed by atoms with van der Waals surface area (Å²) in [6, 6.07) is 24.6. The van der Waals surface area contributed by atoms with Crippen LogP contribution in [0.1, 0.15) is 16.1 Å². The fraction of sp³-hybridized carbons (Fsp3) is 0.115. The number of benzene rings is 3. The molecular formula is C26H23N3O4S. The molecule has 8 heteroatoms. The van der Waals surface area contributed by atoms with E-state index in [1.165, 1.54) is 7.11 Å². The molecule has 0 saturated heterocycles. The van der Waals surface area contributed by atoms with Gasteiger partial charge < -0.3 is 24.8 Å². The normalized spacial score (nSPS) is 10.4. The molecule has 1 aromatic heterocycles. The lowest BCUT2D eigenvalue weighted by molar-refractivity contribution is 0.0589. The van der Waals surface area contributed by atoms with Crippen LogP contribution in [-0.2, 0) is 11.3 Å². The maximum absolute atomic E-state index is 12.6. The average Bonchev–Trinajstić information content (AvgIpc) is 2.88. The smallest absolute Gasteiger partial charge is 0.360 e. The minimum Gasteiger partial charge on any atom is -0.486 e. The van der Waals surface area contributed by atoms with Gasteiger partial charge in [-0.05, 0) is 48.1 Å². The first-order chi connectivity index (χ1) is 16.6. The Bertz CT molecular complexity index is 1310. The Balaban J connectivity index is 1.83. The number of para-hydroxylation sites is 1. The first-order valence-corrected chi connectivity index (χ1v) is 10.9. The zero-order valence-corrected chi connectivity index (χ0v) is 19.5. The molecule has 3 aromatic carbocycles. The minimum absolute atomic E-state index is 0.0454. The van der Waals surface area contributed by atoms with Gasteiger partial charge in [-0.1, -0.05) is 48.5 Å². The van der Waals surface area contributed by atoms with Crippen molar-refractivity contribution in [3.63, 3.8) is 0 Å². The monoisotopic (exact) mass is 473 g/mol. The molecule has 7 nitrogen and oxygen atoms in total. The molecule has 0 atom stereocenters. The number of fused-ring (bicyclic) bond motifs is 1. The van der Waals surface area contributed by atoms with E-state index in [0.717, 1.165) is 5.56 Å². The van der Waals surface area contributed by atoms with Gasteiger partial charge in [-0.15, -0.1) is 0 Å². The molecule has 34 heavy (non-hydrogen) atoms. The topological polar surface area (TPSA) is 81.7 Å². The number of carbonyl (C=O) groups is 1. The number of nitrogens with one attached hydrogen (secondary N) is 2. The van der Waals surface area contributed by atoms with Gasteiger partial charge in [-0.2, -0.15) is 0 Å². The van der Waals surface area contributed by atoms with Crippen LogP contribution in [0.25, 0.3) is 10.8 Å². The van der Waals surface area contributed by atoms with Crippen LogP contribution >= 0.6 is 12.2 Å². The van der Waals surface area contributed by atoms with Crippen molar-refractivity contribution < 1.29 is 19.0 Å². The summed E-state index contributed by atoms with van der Waals surface area (Å²) in [5.41, 5.74) is 0.998. The minimum atomic E-state index is -0.618. The van der Waals surface area contributed by atoms with Crippen molar-refractivity contribution in [2.24, 2.45) is 0 Å². The highest BCUT2D eigenvalue weighted by molar-refractivity contribution is 7.80. The quantitative estimate of drug-likeness (QED) is 0.276. The zero-order chi connectivity index (χ0) is 23.9. The maximum atomic E-state index is 12.6. The van der Waals surface area contributed by atoms with Crippen LogP contribution in [0.3, 0.4) is 0 Å². The Morgan fingerprint density at radius 3 is 2.32 bits per heavy atom. The van der Waals surface area contributed by atoms with Gasteiger partial charge in [0.25, 0.3) is 0 Å². The highest BCUT2D eigenvalue weighted by Gasteiger charge is 2.23. The van der Waals surface area contributed by atoms with Crippen LogP contribution in [0.4, 0.5) is 5.82 Å². The Hall–Kier alpha value is -4.17. The Morgan fingerprint density at radius 2 is 1.65 bits per heavy atom. The summed E-state index contributed by atoms with van der Waals surface area (Å²) < 4.78 is 17.1. The lowest BCUT2D eigenvalue weighted by atomic mass is 10.1. The fourth-order valence-electron chi connectivity index (χ4n) is 3.33. The lowest BCUT2D eigenvalue weighted by Gasteiger charge is -2.17. The van der Waals surface area contributed by atoms with E-state index in [-0.39, 0.29) is 12.3 Å². The molecule has 0 radical (unpaired) electrons. The zero-order valence-electron chi connectivity index (χ0n) is 18.7. The molecule has 2 N–H and O–H groups in total. The lowest BCUT2D eigenvalue weighted by Crippen LogP contribution is -2.25. The largest absolute Gasteiger partial charge is 0.486 e. The van der Waals surface area contributed by atoms with Crippen molar-refractivity contribution >= 4 is 39.9 Å². The van der Waals surface area contributed by atoms with E-state index in [2.05, 4.69) is 15.6 Å². The number of thiocarbonyl (C=S) groups is 1. The van der Waals surface area contributed by atoms with Gasteiger partial charge in [-0.25, -0.2) is 9.78 Å². The molecule has 0 fully saturated rings. The molecule has 4 rings (SSSR count). The van der Waals surface area contributed by atoms with Crippen LogP contribution in [-0.4, -0.2) is 30.2 Å². The molecule has 0 spiro atoms. The summed E-state index contributed by atoms with van der Waals surface area (Å²) in [7, 11) is 3.00. The summed E-state index contributed by atoms with van der Waals surface area (Å²) in [5.74, 6) is 1.37. The molecule has 172 valence electrons. The highest BCUT2D eigenvalue weighted by Crippen LogP contribution is 2.37. The van der Waals surface area contributed by atoms with Crippen LogP contribution in [0.15, 0.2) is 78.9 Å². The number of rotatable bonds is 7. The molecule has 0 unspecified atom stereocenters. The van der Waals surface area contributed by atoms with E-state index in [1.807, 2.05) is 78.9 Å². The second-order valence-electron chi connectivity index (χ2n) is 7.23. The number of aromatic nitrogens is 1. The molecule has 0 saturated carbocycles. The third-order valence-corrected chi connectivity index (χ3v) is 5.28. The summed E-state index contributed by atoms with van der Waals surface area (Å²) in [6.07, 6.45) is 0. The SMILES string of the molecule is CNC(=S)Nc1nc(C(=O)OC)c(OCc2ccccc2)c2ccc(Oc3ccccc3)cc12. The van der Waals surface area contributed by atoms with Crippen molar-refractivity contribution in [3.05, 3.63) is 90.1 Å². The van der Waals surface area contributed by atoms with Crippen molar-refractivity contribution in [2.75, 3.05) is 19.5 Å². The third kappa shape index (κ3) is 5.24. The number of carbonyl (C=O) groups excluding carboxylic acids is 1. The molecule has 0 aliphatic carbocycles. The van der Waals surface area contributed by atoms with Gasteiger partial charge in [0.2, 0.25) is 0 Å². The number of methoxy groups -OCH3 is 1. The summed E-state index contributed by atoms with van der Waals surface area (Å²) in [6.45, 7) is 0.256. The van der Waals surface area contributed by atoms with Gasteiger partial charge in [0.1, 0.15) is 23.9 Å². The van der Waals surface area contributed by atoms with Gasteiger partial charge in [-0.3, -0.25) is 0 Å². The van der Waals surface area contributed by atoms with Crippen LogP contribution in [0, 0.1) is 0 Å². The van der Waals surface area contributed by atoms with E-state index in [0.29, 0.717) is 39.0 Å². The van der Waals surface area contributed by atoms with Crippen molar-refractivity contribution in [1.82, 2.24) is 10.3 Å². The average molecular weight is 474 g/mol.